The molecule has 3 rings (SSSR count). The summed E-state index contributed by atoms with van der Waals surface area (Å²) in [4.78, 5) is 0. The van der Waals surface area contributed by atoms with Gasteiger partial charge in [-0.25, -0.2) is 0 Å². The van der Waals surface area contributed by atoms with Gasteiger partial charge in [0.25, 0.3) is 0 Å². The van der Waals surface area contributed by atoms with E-state index in [1.807, 2.05) is 0 Å². The van der Waals surface area contributed by atoms with E-state index in [1.165, 1.54) is 19.2 Å². The van der Waals surface area contributed by atoms with Gasteiger partial charge in [-0.15, -0.1) is 0 Å². The van der Waals surface area contributed by atoms with E-state index in [0.29, 0.717) is 28.0 Å². The lowest BCUT2D eigenvalue weighted by atomic mass is 10.0. The molecule has 0 radical (unpaired) electrons. The Labute approximate surface area is 104 Å². The highest BCUT2D eigenvalue weighted by Gasteiger charge is 2.32. The van der Waals surface area contributed by atoms with E-state index in [1.54, 1.807) is 18.2 Å². The van der Waals surface area contributed by atoms with Gasteiger partial charge in [0.05, 0.1) is 7.11 Å². The number of phenols is 2. The summed E-state index contributed by atoms with van der Waals surface area (Å²) in [6, 6.07) is 7.94. The van der Waals surface area contributed by atoms with Crippen molar-refractivity contribution in [2.75, 3.05) is 7.11 Å². The van der Waals surface area contributed by atoms with Gasteiger partial charge in [-0.05, 0) is 17.7 Å². The molecule has 0 fully saturated rings. The first-order chi connectivity index (χ1) is 8.63. The monoisotopic (exact) mass is 244 g/mol. The Bertz CT molecular complexity index is 634. The van der Waals surface area contributed by atoms with Crippen molar-refractivity contribution < 1.29 is 20.1 Å². The fourth-order valence-electron chi connectivity index (χ4n) is 2.49. The van der Waals surface area contributed by atoms with E-state index >= 15 is 0 Å². The number of ether oxygens (including phenoxy) is 1. The van der Waals surface area contributed by atoms with Gasteiger partial charge in [-0.2, -0.15) is 0 Å². The van der Waals surface area contributed by atoms with Crippen LogP contribution in [0.4, 0.5) is 0 Å². The van der Waals surface area contributed by atoms with Crippen molar-refractivity contribution in [2.45, 2.75) is 6.10 Å². The van der Waals surface area contributed by atoms with Crippen LogP contribution in [0.25, 0.3) is 11.1 Å². The molecule has 3 N–H and O–H groups in total. The largest absolute Gasteiger partial charge is 0.508 e. The molecule has 0 aliphatic heterocycles. The zero-order valence-electron chi connectivity index (χ0n) is 9.71. The van der Waals surface area contributed by atoms with Crippen LogP contribution in [0, 0.1) is 0 Å². The fourth-order valence-corrected chi connectivity index (χ4v) is 2.49. The lowest BCUT2D eigenvalue weighted by Crippen LogP contribution is -1.94. The van der Waals surface area contributed by atoms with Gasteiger partial charge >= 0.3 is 0 Å². The molecule has 0 saturated heterocycles. The quantitative estimate of drug-likeness (QED) is 0.719. The van der Waals surface area contributed by atoms with Crippen molar-refractivity contribution in [1.82, 2.24) is 0 Å². The van der Waals surface area contributed by atoms with E-state index in [9.17, 15) is 15.3 Å². The van der Waals surface area contributed by atoms with Crippen LogP contribution >= 0.6 is 0 Å². The zero-order valence-corrected chi connectivity index (χ0v) is 9.71. The molecule has 0 heterocycles. The topological polar surface area (TPSA) is 69.9 Å². The molecule has 0 amide bonds. The number of phenolic OH excluding ortho intramolecular Hbond substituents is 2. The van der Waals surface area contributed by atoms with Gasteiger partial charge in [-0.3, -0.25) is 0 Å². The molecule has 1 unspecified atom stereocenters. The Morgan fingerprint density at radius 2 is 1.83 bits per heavy atom. The number of fused-ring (bicyclic) bond motifs is 3. The van der Waals surface area contributed by atoms with Crippen LogP contribution in [0.1, 0.15) is 17.2 Å². The van der Waals surface area contributed by atoms with Gasteiger partial charge in [-0.1, -0.05) is 12.1 Å². The number of aliphatic hydroxyl groups excluding tert-OH is 1. The number of rotatable bonds is 1. The molecule has 4 nitrogen and oxygen atoms in total. The Morgan fingerprint density at radius 3 is 2.56 bits per heavy atom. The predicted molar refractivity (Wildman–Crippen MR) is 65.8 cm³/mol. The average Bonchev–Trinajstić information content (AvgIpc) is 2.64. The van der Waals surface area contributed by atoms with Crippen molar-refractivity contribution in [3.63, 3.8) is 0 Å². The van der Waals surface area contributed by atoms with Gasteiger partial charge < -0.3 is 20.1 Å². The number of hydrogen-bond acceptors (Lipinski definition) is 4. The van der Waals surface area contributed by atoms with Crippen molar-refractivity contribution >= 4 is 0 Å². The summed E-state index contributed by atoms with van der Waals surface area (Å²) < 4.78 is 5.22. The lowest BCUT2D eigenvalue weighted by molar-refractivity contribution is 0.224. The minimum Gasteiger partial charge on any atom is -0.508 e. The van der Waals surface area contributed by atoms with Crippen molar-refractivity contribution in [3.8, 4) is 28.4 Å². The first-order valence-corrected chi connectivity index (χ1v) is 5.54. The minimum absolute atomic E-state index is 0.0249. The summed E-state index contributed by atoms with van der Waals surface area (Å²) >= 11 is 0. The molecule has 4 heteroatoms. The van der Waals surface area contributed by atoms with Crippen LogP contribution in [0.15, 0.2) is 30.3 Å². The number of methoxy groups -OCH3 is 1. The third-order valence-corrected chi connectivity index (χ3v) is 3.25. The molecule has 1 aliphatic rings. The highest BCUT2D eigenvalue weighted by Crippen LogP contribution is 2.52. The first-order valence-electron chi connectivity index (χ1n) is 5.54. The maximum absolute atomic E-state index is 10.2. The van der Waals surface area contributed by atoms with Crippen LogP contribution in [0.3, 0.4) is 0 Å². The zero-order chi connectivity index (χ0) is 12.9. The highest BCUT2D eigenvalue weighted by molar-refractivity contribution is 5.87. The fraction of sp³-hybridized carbons (Fsp3) is 0.143. The summed E-state index contributed by atoms with van der Waals surface area (Å²) in [6.45, 7) is 0. The molecule has 1 atom stereocenters. The second kappa shape index (κ2) is 3.65. The van der Waals surface area contributed by atoms with Crippen molar-refractivity contribution in [3.05, 3.63) is 41.5 Å². The third-order valence-electron chi connectivity index (χ3n) is 3.25. The standard InChI is InChI=1S/C14H12O4/c1-18-11-6-7(15)5-9-13(11)12-8(14(9)17)3-2-4-10(12)16/h2-6,14-17H,1H3. The van der Waals surface area contributed by atoms with Crippen LogP contribution < -0.4 is 4.74 Å². The van der Waals surface area contributed by atoms with Crippen LogP contribution in [-0.4, -0.2) is 22.4 Å². The molecule has 0 saturated carbocycles. The van der Waals surface area contributed by atoms with E-state index < -0.39 is 6.10 Å². The first kappa shape index (κ1) is 10.9. The maximum Gasteiger partial charge on any atom is 0.130 e. The number of benzene rings is 2. The average molecular weight is 244 g/mol. The van der Waals surface area contributed by atoms with Gasteiger partial charge in [0.1, 0.15) is 23.4 Å². The van der Waals surface area contributed by atoms with Crippen molar-refractivity contribution in [2.24, 2.45) is 0 Å². The number of aliphatic hydroxyl groups is 1. The Hall–Kier alpha value is -2.20. The highest BCUT2D eigenvalue weighted by atomic mass is 16.5. The lowest BCUT2D eigenvalue weighted by Gasteiger charge is -2.10. The van der Waals surface area contributed by atoms with Crippen LogP contribution in [-0.2, 0) is 0 Å². The summed E-state index contributed by atoms with van der Waals surface area (Å²) in [7, 11) is 1.49. The summed E-state index contributed by atoms with van der Waals surface area (Å²) in [5.74, 6) is 0.551. The second-order valence-corrected chi connectivity index (χ2v) is 4.26. The van der Waals surface area contributed by atoms with E-state index in [0.717, 1.165) is 0 Å². The van der Waals surface area contributed by atoms with Gasteiger partial charge in [0, 0.05) is 22.8 Å². The molecule has 0 aromatic heterocycles. The Morgan fingerprint density at radius 1 is 1.06 bits per heavy atom. The van der Waals surface area contributed by atoms with Crippen LogP contribution in [0.5, 0.6) is 17.2 Å². The van der Waals surface area contributed by atoms with E-state index in [-0.39, 0.29) is 11.5 Å². The molecule has 0 spiro atoms. The smallest absolute Gasteiger partial charge is 0.130 e. The molecule has 2 aromatic carbocycles. The van der Waals surface area contributed by atoms with E-state index in [4.69, 9.17) is 4.74 Å². The van der Waals surface area contributed by atoms with Gasteiger partial charge in [0.2, 0.25) is 0 Å². The Kier molecular flexibility index (Phi) is 2.21. The summed E-state index contributed by atoms with van der Waals surface area (Å²) in [6.07, 6.45) is -0.858. The second-order valence-electron chi connectivity index (χ2n) is 4.26. The third kappa shape index (κ3) is 1.29. The summed E-state index contributed by atoms with van der Waals surface area (Å²) in [5.41, 5.74) is 2.37. The SMILES string of the molecule is COc1cc(O)cc2c1-c1c(O)cccc1C2O. The van der Waals surface area contributed by atoms with Crippen LogP contribution in [0.2, 0.25) is 0 Å². The minimum atomic E-state index is -0.858. The summed E-state index contributed by atoms with van der Waals surface area (Å²) in [5, 5.41) is 29.8. The molecule has 18 heavy (non-hydrogen) atoms. The van der Waals surface area contributed by atoms with Gasteiger partial charge in [0.15, 0.2) is 0 Å². The maximum atomic E-state index is 10.2. The number of aromatic hydroxyl groups is 2. The molecular weight excluding hydrogens is 232 g/mol. The molecule has 1 aliphatic carbocycles. The molecule has 92 valence electrons. The number of hydrogen-bond donors (Lipinski definition) is 3. The predicted octanol–water partition coefficient (Wildman–Crippen LogP) is 2.17. The van der Waals surface area contributed by atoms with E-state index in [2.05, 4.69) is 0 Å². The van der Waals surface area contributed by atoms with Crippen molar-refractivity contribution in [1.29, 1.82) is 0 Å². The molecule has 0 bridgehead atoms. The Balaban J connectivity index is 2.40. The normalized spacial score (nSPS) is 16.2. The molecular formula is C14H12O4. The molecule has 2 aromatic rings.